The molecule has 13 rings (SSSR count). The largest absolute Gasteiger partial charge is 0.309 e. The van der Waals surface area contributed by atoms with Gasteiger partial charge in [-0.3, -0.25) is 0 Å². The van der Waals surface area contributed by atoms with Crippen molar-refractivity contribution in [1.82, 2.24) is 9.13 Å². The summed E-state index contributed by atoms with van der Waals surface area (Å²) in [5, 5.41) is 5.07. The number of nitrogens with zero attached hydrogens (tertiary/aromatic N) is 2. The zero-order valence-corrected chi connectivity index (χ0v) is 34.5. The highest BCUT2D eigenvalue weighted by Crippen LogP contribution is 2.51. The zero-order chi connectivity index (χ0) is 41.4. The van der Waals surface area contributed by atoms with E-state index in [1.54, 1.807) is 0 Å². The van der Waals surface area contributed by atoms with Gasteiger partial charge in [-0.15, -0.1) is 0 Å². The van der Waals surface area contributed by atoms with Crippen molar-refractivity contribution in [3.05, 3.63) is 253 Å². The maximum atomic E-state index is 2.42. The van der Waals surface area contributed by atoms with Crippen molar-refractivity contribution in [1.29, 1.82) is 0 Å². The van der Waals surface area contributed by atoms with E-state index in [0.717, 1.165) is 5.69 Å². The van der Waals surface area contributed by atoms with E-state index in [9.17, 15) is 0 Å². The van der Waals surface area contributed by atoms with Crippen molar-refractivity contribution < 1.29 is 0 Å². The van der Waals surface area contributed by atoms with Gasteiger partial charge >= 0.3 is 0 Å². The number of rotatable bonds is 6. The van der Waals surface area contributed by atoms with Gasteiger partial charge in [0.1, 0.15) is 0 Å². The van der Waals surface area contributed by atoms with Crippen LogP contribution in [0.5, 0.6) is 0 Å². The molecule has 1 aliphatic carbocycles. The highest BCUT2D eigenvalue weighted by molar-refractivity contribution is 6.11. The lowest BCUT2D eigenvalue weighted by atomic mass is 9.84. The summed E-state index contributed by atoms with van der Waals surface area (Å²) in [5.41, 5.74) is 21.2. The van der Waals surface area contributed by atoms with Crippen LogP contribution in [0.15, 0.2) is 237 Å². The minimum atomic E-state index is 0.110. The predicted molar refractivity (Wildman–Crippen MR) is 264 cm³/mol. The van der Waals surface area contributed by atoms with Gasteiger partial charge in [0.05, 0.1) is 22.1 Å². The quantitative estimate of drug-likeness (QED) is 0.159. The third-order valence-corrected chi connectivity index (χ3v) is 13.5. The highest BCUT2D eigenvalue weighted by atomic mass is 15.0. The number of hydrogen-bond acceptors (Lipinski definition) is 0. The molecule has 10 aromatic carbocycles. The molecule has 0 amide bonds. The Morgan fingerprint density at radius 1 is 0.238 bits per heavy atom. The topological polar surface area (TPSA) is 9.86 Å². The first-order valence-corrected chi connectivity index (χ1v) is 21.9. The molecule has 1 aliphatic rings. The van der Waals surface area contributed by atoms with Crippen molar-refractivity contribution in [3.8, 4) is 55.9 Å². The second kappa shape index (κ2) is 14.2. The molecule has 0 saturated heterocycles. The van der Waals surface area contributed by atoms with Gasteiger partial charge in [-0.05, 0) is 122 Å². The van der Waals surface area contributed by atoms with E-state index in [1.807, 2.05) is 0 Å². The van der Waals surface area contributed by atoms with E-state index < -0.39 is 0 Å². The smallest absolute Gasteiger partial charge is 0.0541 e. The minimum Gasteiger partial charge on any atom is -0.309 e. The molecule has 2 aromatic heterocycles. The lowest BCUT2D eigenvalue weighted by Gasteiger charge is -2.19. The van der Waals surface area contributed by atoms with Crippen LogP contribution in [0.4, 0.5) is 0 Å². The first kappa shape index (κ1) is 35.5. The van der Waals surface area contributed by atoms with Crippen LogP contribution in [0, 0.1) is 0 Å². The van der Waals surface area contributed by atoms with Crippen molar-refractivity contribution in [2.45, 2.75) is 5.92 Å². The molecule has 0 fully saturated rings. The maximum absolute atomic E-state index is 2.42. The molecule has 0 radical (unpaired) electrons. The number of hydrogen-bond donors (Lipinski definition) is 0. The van der Waals surface area contributed by atoms with Gasteiger partial charge in [0.2, 0.25) is 0 Å². The van der Waals surface area contributed by atoms with E-state index in [2.05, 4.69) is 246 Å². The Bertz CT molecular complexity index is 3660. The monoisotopic (exact) mass is 800 g/mol. The van der Waals surface area contributed by atoms with Crippen LogP contribution < -0.4 is 0 Å². The fraction of sp³-hybridized carbons (Fsp3) is 0.0164. The Labute approximate surface area is 366 Å². The average molecular weight is 801 g/mol. The summed E-state index contributed by atoms with van der Waals surface area (Å²) in [6.45, 7) is 0. The Morgan fingerprint density at radius 2 is 0.651 bits per heavy atom. The Hall–Kier alpha value is -8.20. The van der Waals surface area contributed by atoms with Gasteiger partial charge in [-0.1, -0.05) is 176 Å². The second-order valence-electron chi connectivity index (χ2n) is 16.8. The first-order chi connectivity index (χ1) is 31.3. The summed E-state index contributed by atoms with van der Waals surface area (Å²) in [5.74, 6) is 0.110. The maximum Gasteiger partial charge on any atom is 0.0541 e. The summed E-state index contributed by atoms with van der Waals surface area (Å²) in [7, 11) is 0. The Morgan fingerprint density at radius 3 is 1.27 bits per heavy atom. The van der Waals surface area contributed by atoms with E-state index in [4.69, 9.17) is 0 Å². The summed E-state index contributed by atoms with van der Waals surface area (Å²) in [4.78, 5) is 0. The lowest BCUT2D eigenvalue weighted by molar-refractivity contribution is 1.02. The molecule has 2 heterocycles. The van der Waals surface area contributed by atoms with Crippen molar-refractivity contribution in [2.24, 2.45) is 0 Å². The summed E-state index contributed by atoms with van der Waals surface area (Å²) >= 11 is 0. The summed E-state index contributed by atoms with van der Waals surface area (Å²) in [6, 6.07) is 87.1. The zero-order valence-electron chi connectivity index (χ0n) is 34.5. The van der Waals surface area contributed by atoms with Crippen molar-refractivity contribution >= 4 is 43.6 Å². The first-order valence-electron chi connectivity index (χ1n) is 21.9. The van der Waals surface area contributed by atoms with Crippen molar-refractivity contribution in [2.75, 3.05) is 0 Å². The molecular formula is C61H40N2. The lowest BCUT2D eigenvalue weighted by Crippen LogP contribution is -2.02. The van der Waals surface area contributed by atoms with Crippen LogP contribution >= 0.6 is 0 Å². The minimum absolute atomic E-state index is 0.110. The molecule has 1 atom stereocenters. The standard InChI is InChI=1S/C61H40N2/c1-2-14-40(15-3-1)41-26-32-46(33-27-41)63-59-25-13-10-20-51(59)56-39-44(31-37-60(56)63)47-16-4-6-21-52(47)61-53-22-7-5-17-48(53)55-38-43(30-36-54(55)61)42-28-34-45(35-29-42)62-57-23-11-8-18-49(57)50-19-9-12-24-58(50)62/h1-39,61H. The van der Waals surface area contributed by atoms with Gasteiger partial charge in [0.25, 0.3) is 0 Å². The predicted octanol–water partition coefficient (Wildman–Crippen LogP) is 16.0. The Kier molecular flexibility index (Phi) is 8.01. The van der Waals surface area contributed by atoms with Gasteiger partial charge < -0.3 is 9.13 Å². The second-order valence-corrected chi connectivity index (χ2v) is 16.8. The highest BCUT2D eigenvalue weighted by Gasteiger charge is 2.32. The summed E-state index contributed by atoms with van der Waals surface area (Å²) < 4.78 is 4.80. The molecule has 0 spiro atoms. The van der Waals surface area contributed by atoms with Gasteiger partial charge in [-0.2, -0.15) is 0 Å². The Balaban J connectivity index is 0.885. The van der Waals surface area contributed by atoms with Crippen molar-refractivity contribution in [3.63, 3.8) is 0 Å². The molecule has 63 heavy (non-hydrogen) atoms. The molecular weight excluding hydrogens is 761 g/mol. The molecule has 0 N–H and O–H groups in total. The van der Waals surface area contributed by atoms with E-state index >= 15 is 0 Å². The number of fused-ring (bicyclic) bond motifs is 9. The van der Waals surface area contributed by atoms with Crippen LogP contribution in [0.25, 0.3) is 99.5 Å². The molecule has 1 unspecified atom stereocenters. The molecule has 294 valence electrons. The van der Waals surface area contributed by atoms with Gasteiger partial charge in [0.15, 0.2) is 0 Å². The molecule has 0 aliphatic heterocycles. The van der Waals surface area contributed by atoms with E-state index in [0.29, 0.717) is 0 Å². The molecule has 2 heteroatoms. The molecule has 2 nitrogen and oxygen atoms in total. The van der Waals surface area contributed by atoms with Crippen LogP contribution in [-0.4, -0.2) is 9.13 Å². The third-order valence-electron chi connectivity index (χ3n) is 13.5. The normalized spacial score (nSPS) is 13.2. The average Bonchev–Trinajstić information content (AvgIpc) is 4.00. The van der Waals surface area contributed by atoms with Crippen LogP contribution in [0.1, 0.15) is 22.6 Å². The number of para-hydroxylation sites is 3. The number of aromatic nitrogens is 2. The van der Waals surface area contributed by atoms with Crippen LogP contribution in [0.3, 0.4) is 0 Å². The van der Waals surface area contributed by atoms with E-state index in [1.165, 1.54) is 110 Å². The molecule has 12 aromatic rings. The fourth-order valence-corrected chi connectivity index (χ4v) is 10.6. The van der Waals surface area contributed by atoms with Gasteiger partial charge in [-0.25, -0.2) is 0 Å². The SMILES string of the molecule is c1ccc(-c2ccc(-n3c4ccccc4c4cc(-c5ccccc5C5c6ccccc6-c6cc(-c7ccc(-n8c9ccccc9c9ccccc98)cc7)ccc65)ccc43)cc2)cc1. The summed E-state index contributed by atoms with van der Waals surface area (Å²) in [6.07, 6.45) is 0. The third kappa shape index (κ3) is 5.58. The van der Waals surface area contributed by atoms with Crippen LogP contribution in [-0.2, 0) is 0 Å². The van der Waals surface area contributed by atoms with Crippen LogP contribution in [0.2, 0.25) is 0 Å². The fourth-order valence-electron chi connectivity index (χ4n) is 10.6. The molecule has 0 saturated carbocycles. The van der Waals surface area contributed by atoms with E-state index in [-0.39, 0.29) is 5.92 Å². The van der Waals surface area contributed by atoms with Gasteiger partial charge in [0, 0.05) is 38.8 Å². The molecule has 0 bridgehead atoms. The number of benzene rings is 10.